The van der Waals surface area contributed by atoms with Gasteiger partial charge >= 0.3 is 0 Å². The molecule has 0 bridgehead atoms. The number of halogens is 1. The summed E-state index contributed by atoms with van der Waals surface area (Å²) in [5, 5.41) is 5.59. The minimum atomic E-state index is -0.597. The Morgan fingerprint density at radius 2 is 2.55 bits per heavy atom. The van der Waals surface area contributed by atoms with E-state index in [4.69, 9.17) is 0 Å². The van der Waals surface area contributed by atoms with Crippen LogP contribution in [0.4, 0.5) is 4.39 Å². The van der Waals surface area contributed by atoms with Crippen LogP contribution in [0, 0.1) is 0 Å². The van der Waals surface area contributed by atoms with Gasteiger partial charge in [0.25, 0.3) is 5.91 Å². The highest BCUT2D eigenvalue weighted by Gasteiger charge is 2.13. The van der Waals surface area contributed by atoms with Gasteiger partial charge in [0.05, 0.1) is 0 Å². The molecule has 1 rings (SSSR count). The Kier molecular flexibility index (Phi) is 2.53. The molecule has 0 atom stereocenters. The van der Waals surface area contributed by atoms with E-state index in [0.29, 0.717) is 0 Å². The number of rotatable bonds is 3. The number of amidine groups is 1. The molecule has 0 saturated heterocycles. The lowest BCUT2D eigenvalue weighted by molar-refractivity contribution is -0.115. The standard InChI is InChI=1S/C5H6FN4O/c6-1-2-7-5(11)4-8-3-9-10-4/h3H,1-2H2,(H,7,11). The average Bonchev–Trinajstić information content (AvgIpc) is 2.52. The van der Waals surface area contributed by atoms with Crippen molar-refractivity contribution in [2.24, 2.45) is 10.1 Å². The van der Waals surface area contributed by atoms with E-state index in [2.05, 4.69) is 20.8 Å². The summed E-state index contributed by atoms with van der Waals surface area (Å²) in [4.78, 5) is 14.3. The van der Waals surface area contributed by atoms with Gasteiger partial charge in [-0.3, -0.25) is 4.79 Å². The summed E-state index contributed by atoms with van der Waals surface area (Å²) in [7, 11) is 0. The topological polar surface area (TPSA) is 67.9 Å². The van der Waals surface area contributed by atoms with Crippen LogP contribution in [0.2, 0.25) is 0 Å². The minimum Gasteiger partial charge on any atom is -0.347 e. The van der Waals surface area contributed by atoms with Crippen LogP contribution >= 0.6 is 0 Å². The van der Waals surface area contributed by atoms with Gasteiger partial charge in [0.15, 0.2) is 0 Å². The van der Waals surface area contributed by atoms with Crippen LogP contribution in [0.15, 0.2) is 10.1 Å². The maximum atomic E-state index is 11.5. The van der Waals surface area contributed by atoms with Crippen LogP contribution in [0.1, 0.15) is 0 Å². The Morgan fingerprint density at radius 1 is 1.73 bits per heavy atom. The molecule has 1 N–H and O–H groups in total. The van der Waals surface area contributed by atoms with Crippen molar-refractivity contribution < 1.29 is 9.18 Å². The fraction of sp³-hybridized carbons (Fsp3) is 0.400. The van der Waals surface area contributed by atoms with E-state index < -0.39 is 12.6 Å². The van der Waals surface area contributed by atoms with Crippen LogP contribution in [0.3, 0.4) is 0 Å². The lowest BCUT2D eigenvalue weighted by Crippen LogP contribution is -2.35. The van der Waals surface area contributed by atoms with Crippen molar-refractivity contribution in [2.45, 2.75) is 0 Å². The number of aliphatic imine (C=N–C) groups is 1. The van der Waals surface area contributed by atoms with E-state index in [1.54, 1.807) is 0 Å². The Labute approximate surface area is 62.4 Å². The van der Waals surface area contributed by atoms with Crippen LogP contribution in [0.25, 0.3) is 0 Å². The predicted molar refractivity (Wildman–Crippen MR) is 37.0 cm³/mol. The Bertz CT molecular complexity index is 213. The number of carbonyl (C=O) groups is 1. The SMILES string of the molecule is O=C(NCCF)C1=NC=N[N]1. The number of alkyl halides is 1. The van der Waals surface area contributed by atoms with Crippen LogP contribution < -0.4 is 10.7 Å². The van der Waals surface area contributed by atoms with Crippen molar-refractivity contribution in [3.05, 3.63) is 0 Å². The molecule has 1 aliphatic heterocycles. The third kappa shape index (κ3) is 1.99. The Morgan fingerprint density at radius 3 is 3.09 bits per heavy atom. The molecule has 1 aliphatic rings. The van der Waals surface area contributed by atoms with Gasteiger partial charge in [0, 0.05) is 6.54 Å². The lowest BCUT2D eigenvalue weighted by atomic mass is 10.5. The number of nitrogens with one attached hydrogen (secondary N) is 1. The van der Waals surface area contributed by atoms with Gasteiger partial charge in [0.2, 0.25) is 5.84 Å². The molecule has 0 spiro atoms. The zero-order valence-corrected chi connectivity index (χ0v) is 5.62. The molecule has 11 heavy (non-hydrogen) atoms. The van der Waals surface area contributed by atoms with E-state index in [0.717, 1.165) is 6.34 Å². The fourth-order valence-electron chi connectivity index (χ4n) is 0.531. The van der Waals surface area contributed by atoms with Crippen molar-refractivity contribution in [2.75, 3.05) is 13.2 Å². The second-order valence-electron chi connectivity index (χ2n) is 1.73. The Balaban J connectivity index is 2.31. The summed E-state index contributed by atoms with van der Waals surface area (Å²) in [6.07, 6.45) is 1.16. The zero-order valence-electron chi connectivity index (χ0n) is 5.62. The van der Waals surface area contributed by atoms with E-state index in [-0.39, 0.29) is 12.4 Å². The molecule has 1 heterocycles. The smallest absolute Gasteiger partial charge is 0.291 e. The summed E-state index contributed by atoms with van der Waals surface area (Å²) in [5.74, 6) is -0.529. The lowest BCUT2D eigenvalue weighted by Gasteiger charge is -1.98. The second-order valence-corrected chi connectivity index (χ2v) is 1.73. The molecule has 6 heteroatoms. The normalized spacial score (nSPS) is 14.1. The summed E-state index contributed by atoms with van der Waals surface area (Å²) >= 11 is 0. The summed E-state index contributed by atoms with van der Waals surface area (Å²) in [5.41, 5.74) is 3.37. The quantitative estimate of drug-likeness (QED) is 0.562. The summed E-state index contributed by atoms with van der Waals surface area (Å²) in [6, 6.07) is 0. The van der Waals surface area contributed by atoms with Gasteiger partial charge in [-0.1, -0.05) is 0 Å². The first kappa shape index (κ1) is 7.64. The van der Waals surface area contributed by atoms with E-state index in [9.17, 15) is 9.18 Å². The predicted octanol–water partition coefficient (Wildman–Crippen LogP) is -0.968. The van der Waals surface area contributed by atoms with Crippen LogP contribution in [0.5, 0.6) is 0 Å². The first-order valence-electron chi connectivity index (χ1n) is 2.99. The number of hydrogen-bond donors (Lipinski definition) is 1. The highest BCUT2D eigenvalue weighted by molar-refractivity contribution is 6.39. The molecule has 1 radical (unpaired) electrons. The molecule has 0 saturated carbocycles. The van der Waals surface area contributed by atoms with Crippen molar-refractivity contribution in [3.8, 4) is 0 Å². The van der Waals surface area contributed by atoms with Gasteiger partial charge in [-0.25, -0.2) is 9.38 Å². The molecule has 5 nitrogen and oxygen atoms in total. The highest BCUT2D eigenvalue weighted by Crippen LogP contribution is 1.83. The Hall–Kier alpha value is -1.46. The molecule has 0 aliphatic carbocycles. The van der Waals surface area contributed by atoms with Crippen molar-refractivity contribution >= 4 is 18.1 Å². The molecular formula is C5H6FN4O. The van der Waals surface area contributed by atoms with Crippen molar-refractivity contribution in [1.29, 1.82) is 0 Å². The minimum absolute atomic E-state index is 0.0205. The summed E-state index contributed by atoms with van der Waals surface area (Å²) < 4.78 is 11.5. The van der Waals surface area contributed by atoms with E-state index >= 15 is 0 Å². The summed E-state index contributed by atoms with van der Waals surface area (Å²) in [6.45, 7) is -0.618. The van der Waals surface area contributed by atoms with Gasteiger partial charge in [0.1, 0.15) is 13.0 Å². The second kappa shape index (κ2) is 3.65. The molecule has 0 unspecified atom stereocenters. The molecule has 0 aromatic carbocycles. The van der Waals surface area contributed by atoms with Crippen molar-refractivity contribution in [1.82, 2.24) is 10.7 Å². The van der Waals surface area contributed by atoms with Gasteiger partial charge in [-0.05, 0) is 0 Å². The molecule has 0 fully saturated rings. The maximum absolute atomic E-state index is 11.5. The fourth-order valence-corrected chi connectivity index (χ4v) is 0.531. The van der Waals surface area contributed by atoms with Gasteiger partial charge in [-0.2, -0.15) is 0 Å². The zero-order chi connectivity index (χ0) is 8.10. The number of nitrogens with zero attached hydrogens (tertiary/aromatic N) is 3. The molecule has 0 aromatic heterocycles. The highest BCUT2D eigenvalue weighted by atomic mass is 19.1. The average molecular weight is 157 g/mol. The number of carbonyl (C=O) groups excluding carboxylic acids is 1. The third-order valence-electron chi connectivity index (χ3n) is 0.967. The van der Waals surface area contributed by atoms with Crippen LogP contribution in [-0.4, -0.2) is 31.3 Å². The monoisotopic (exact) mass is 157 g/mol. The number of amides is 1. The molecule has 1 amide bonds. The first-order valence-corrected chi connectivity index (χ1v) is 2.99. The van der Waals surface area contributed by atoms with Gasteiger partial charge in [-0.15, -0.1) is 10.5 Å². The van der Waals surface area contributed by atoms with Gasteiger partial charge < -0.3 is 5.32 Å². The van der Waals surface area contributed by atoms with Crippen LogP contribution in [-0.2, 0) is 4.79 Å². The molecular weight excluding hydrogens is 151 g/mol. The molecule has 0 aromatic rings. The maximum Gasteiger partial charge on any atom is 0.291 e. The van der Waals surface area contributed by atoms with E-state index in [1.165, 1.54) is 0 Å². The number of hydrogen-bond acceptors (Lipinski definition) is 3. The first-order chi connectivity index (χ1) is 5.34. The third-order valence-corrected chi connectivity index (χ3v) is 0.967. The largest absolute Gasteiger partial charge is 0.347 e. The molecule has 59 valence electrons. The van der Waals surface area contributed by atoms with Crippen molar-refractivity contribution in [3.63, 3.8) is 0 Å². The van der Waals surface area contributed by atoms with E-state index in [1.807, 2.05) is 0 Å².